The summed E-state index contributed by atoms with van der Waals surface area (Å²) < 4.78 is 4.65. The zero-order valence-corrected chi connectivity index (χ0v) is 11.1. The summed E-state index contributed by atoms with van der Waals surface area (Å²) in [6.07, 6.45) is 5.17. The van der Waals surface area contributed by atoms with Crippen LogP contribution in [0.5, 0.6) is 0 Å². The Labute approximate surface area is 115 Å². The predicted molar refractivity (Wildman–Crippen MR) is 70.5 cm³/mol. The number of rotatable bonds is 4. The Morgan fingerprint density at radius 1 is 1.25 bits per heavy atom. The fourth-order valence-corrected chi connectivity index (χ4v) is 2.66. The van der Waals surface area contributed by atoms with Gasteiger partial charge in [-0.3, -0.25) is 9.59 Å². The zero-order chi connectivity index (χ0) is 14.6. The predicted octanol–water partition coefficient (Wildman–Crippen LogP) is 1.55. The van der Waals surface area contributed by atoms with Gasteiger partial charge in [0.15, 0.2) is 0 Å². The van der Waals surface area contributed by atoms with Crippen LogP contribution >= 0.6 is 0 Å². The maximum atomic E-state index is 12.1. The summed E-state index contributed by atoms with van der Waals surface area (Å²) in [7, 11) is 0. The fraction of sp³-hybridized carbons (Fsp3) is 0.500. The molecule has 20 heavy (non-hydrogen) atoms. The Bertz CT molecular complexity index is 536. The van der Waals surface area contributed by atoms with Gasteiger partial charge < -0.3 is 14.8 Å². The maximum Gasteiger partial charge on any atom is 0.335 e. The maximum absolute atomic E-state index is 12.1. The summed E-state index contributed by atoms with van der Waals surface area (Å²) in [5.41, 5.74) is -1.00. The lowest BCUT2D eigenvalue weighted by Gasteiger charge is -2.36. The van der Waals surface area contributed by atoms with E-state index in [4.69, 9.17) is 5.11 Å². The molecule has 0 radical (unpaired) electrons. The first kappa shape index (κ1) is 14.3. The van der Waals surface area contributed by atoms with Crippen LogP contribution in [0.1, 0.15) is 48.9 Å². The van der Waals surface area contributed by atoms with Gasteiger partial charge in [0.2, 0.25) is 0 Å². The van der Waals surface area contributed by atoms with Crippen LogP contribution in [0.15, 0.2) is 27.6 Å². The van der Waals surface area contributed by atoms with E-state index in [9.17, 15) is 14.4 Å². The van der Waals surface area contributed by atoms with Crippen LogP contribution in [0, 0.1) is 0 Å². The van der Waals surface area contributed by atoms with E-state index >= 15 is 0 Å². The molecule has 1 aliphatic rings. The zero-order valence-electron chi connectivity index (χ0n) is 11.1. The molecular formula is C14H17NO5. The van der Waals surface area contributed by atoms with Gasteiger partial charge in [-0.2, -0.15) is 0 Å². The first-order valence-electron chi connectivity index (χ1n) is 6.64. The van der Waals surface area contributed by atoms with Crippen molar-refractivity contribution in [1.82, 2.24) is 5.32 Å². The van der Waals surface area contributed by atoms with Crippen molar-refractivity contribution in [2.24, 2.45) is 0 Å². The third kappa shape index (κ3) is 3.46. The van der Waals surface area contributed by atoms with Crippen LogP contribution in [-0.2, 0) is 4.79 Å². The Morgan fingerprint density at radius 2 is 1.95 bits per heavy atom. The molecule has 1 saturated carbocycles. The molecule has 1 aromatic heterocycles. The molecule has 0 unspecified atom stereocenters. The number of carboxylic acids is 1. The number of hydrogen-bond acceptors (Lipinski definition) is 4. The lowest BCUT2D eigenvalue weighted by atomic mass is 9.79. The second-order valence-corrected chi connectivity index (χ2v) is 5.21. The number of carbonyl (C=O) groups excluding carboxylic acids is 1. The van der Waals surface area contributed by atoms with Gasteiger partial charge in [0.25, 0.3) is 5.91 Å². The van der Waals surface area contributed by atoms with E-state index in [0.717, 1.165) is 25.5 Å². The first-order valence-corrected chi connectivity index (χ1v) is 6.64. The third-order valence-corrected chi connectivity index (χ3v) is 3.64. The number of amides is 1. The molecule has 108 valence electrons. The molecule has 0 bridgehead atoms. The molecule has 0 atom stereocenters. The Morgan fingerprint density at radius 3 is 2.50 bits per heavy atom. The summed E-state index contributed by atoms with van der Waals surface area (Å²) >= 11 is 0. The van der Waals surface area contributed by atoms with Crippen LogP contribution in [0.25, 0.3) is 0 Å². The quantitative estimate of drug-likeness (QED) is 0.871. The summed E-state index contributed by atoms with van der Waals surface area (Å²) in [5, 5.41) is 11.9. The van der Waals surface area contributed by atoms with Crippen molar-refractivity contribution in [2.75, 3.05) is 0 Å². The SMILES string of the molecule is O=C(O)CC1(NC(=O)c2ccc(=O)oc2)CCCCC1. The molecule has 0 aromatic carbocycles. The topological polar surface area (TPSA) is 96.6 Å². The Kier molecular flexibility index (Phi) is 4.22. The number of nitrogens with one attached hydrogen (secondary N) is 1. The summed E-state index contributed by atoms with van der Waals surface area (Å²) in [6, 6.07) is 2.54. The largest absolute Gasteiger partial charge is 0.481 e. The van der Waals surface area contributed by atoms with Gasteiger partial charge >= 0.3 is 11.6 Å². The highest BCUT2D eigenvalue weighted by molar-refractivity contribution is 5.94. The van der Waals surface area contributed by atoms with Crippen LogP contribution in [-0.4, -0.2) is 22.5 Å². The van der Waals surface area contributed by atoms with E-state index in [1.165, 1.54) is 12.1 Å². The molecule has 2 rings (SSSR count). The molecule has 6 heteroatoms. The van der Waals surface area contributed by atoms with Gasteiger partial charge in [0.1, 0.15) is 6.26 Å². The van der Waals surface area contributed by atoms with Crippen LogP contribution in [0.2, 0.25) is 0 Å². The minimum atomic E-state index is -0.924. The number of carboxylic acid groups (broad SMARTS) is 1. The molecule has 2 N–H and O–H groups in total. The van der Waals surface area contributed by atoms with Crippen LogP contribution in [0.3, 0.4) is 0 Å². The molecule has 6 nitrogen and oxygen atoms in total. The van der Waals surface area contributed by atoms with Crippen molar-refractivity contribution in [1.29, 1.82) is 0 Å². The summed E-state index contributed by atoms with van der Waals surface area (Å²) in [4.78, 5) is 34.0. The van der Waals surface area contributed by atoms with E-state index in [0.29, 0.717) is 12.8 Å². The first-order chi connectivity index (χ1) is 9.51. The molecule has 1 aromatic rings. The molecule has 1 heterocycles. The summed E-state index contributed by atoms with van der Waals surface area (Å²) in [5.74, 6) is -1.33. The standard InChI is InChI=1S/C14H17NO5/c16-11(17)8-14(6-2-1-3-7-14)15-13(19)10-4-5-12(18)20-9-10/h4-5,9H,1-3,6-8H2,(H,15,19)(H,16,17). The van der Waals surface area contributed by atoms with E-state index in [2.05, 4.69) is 9.73 Å². The highest BCUT2D eigenvalue weighted by Gasteiger charge is 2.36. The van der Waals surface area contributed by atoms with Gasteiger partial charge in [0.05, 0.1) is 17.5 Å². The highest BCUT2D eigenvalue weighted by atomic mass is 16.4. The minimum absolute atomic E-state index is 0.0878. The lowest BCUT2D eigenvalue weighted by Crippen LogP contribution is -2.51. The van der Waals surface area contributed by atoms with E-state index in [1.807, 2.05) is 0 Å². The Balaban J connectivity index is 2.14. The van der Waals surface area contributed by atoms with E-state index in [1.54, 1.807) is 0 Å². The molecule has 1 fully saturated rings. The van der Waals surface area contributed by atoms with Crippen molar-refractivity contribution >= 4 is 11.9 Å². The van der Waals surface area contributed by atoms with Gasteiger partial charge in [-0.05, 0) is 18.9 Å². The lowest BCUT2D eigenvalue weighted by molar-refractivity contribution is -0.139. The average molecular weight is 279 g/mol. The van der Waals surface area contributed by atoms with Gasteiger partial charge in [-0.15, -0.1) is 0 Å². The van der Waals surface area contributed by atoms with Crippen molar-refractivity contribution in [3.05, 3.63) is 34.4 Å². The molecule has 1 amide bonds. The van der Waals surface area contributed by atoms with Crippen LogP contribution in [0.4, 0.5) is 0 Å². The van der Waals surface area contributed by atoms with Crippen molar-refractivity contribution in [2.45, 2.75) is 44.1 Å². The molecule has 0 saturated heterocycles. The van der Waals surface area contributed by atoms with Gasteiger partial charge in [0, 0.05) is 6.07 Å². The Hall–Kier alpha value is -2.11. The minimum Gasteiger partial charge on any atom is -0.481 e. The molecule has 0 aliphatic heterocycles. The normalized spacial score (nSPS) is 17.4. The second kappa shape index (κ2) is 5.90. The second-order valence-electron chi connectivity index (χ2n) is 5.21. The molecule has 1 aliphatic carbocycles. The van der Waals surface area contributed by atoms with Crippen molar-refractivity contribution < 1.29 is 19.1 Å². The van der Waals surface area contributed by atoms with Crippen LogP contribution < -0.4 is 10.9 Å². The fourth-order valence-electron chi connectivity index (χ4n) is 2.66. The summed E-state index contributed by atoms with van der Waals surface area (Å²) in [6.45, 7) is 0. The number of aliphatic carboxylic acids is 1. The van der Waals surface area contributed by atoms with E-state index in [-0.39, 0.29) is 12.0 Å². The monoisotopic (exact) mass is 279 g/mol. The van der Waals surface area contributed by atoms with Crippen molar-refractivity contribution in [3.8, 4) is 0 Å². The molecular weight excluding hydrogens is 262 g/mol. The van der Waals surface area contributed by atoms with Crippen molar-refractivity contribution in [3.63, 3.8) is 0 Å². The molecule has 0 spiro atoms. The smallest absolute Gasteiger partial charge is 0.335 e. The van der Waals surface area contributed by atoms with Gasteiger partial charge in [-0.1, -0.05) is 19.3 Å². The highest BCUT2D eigenvalue weighted by Crippen LogP contribution is 2.31. The van der Waals surface area contributed by atoms with E-state index < -0.39 is 23.0 Å². The third-order valence-electron chi connectivity index (χ3n) is 3.64. The number of carbonyl (C=O) groups is 2. The average Bonchev–Trinajstić information content (AvgIpc) is 2.39. The van der Waals surface area contributed by atoms with Gasteiger partial charge in [-0.25, -0.2) is 4.79 Å². The number of hydrogen-bond donors (Lipinski definition) is 2.